The normalized spacial score (nSPS) is 21.2. The predicted octanol–water partition coefficient (Wildman–Crippen LogP) is 0.391. The lowest BCUT2D eigenvalue weighted by atomic mass is 10.1. The monoisotopic (exact) mass is 347 g/mol. The number of methoxy groups -OCH3 is 1. The molecule has 1 unspecified atom stereocenters. The molecule has 0 bridgehead atoms. The molecule has 25 heavy (non-hydrogen) atoms. The average molecular weight is 347 g/mol. The molecular formula is C17H25N5O3. The maximum Gasteiger partial charge on any atom is 0.228 e. The van der Waals surface area contributed by atoms with Crippen LogP contribution < -0.4 is 9.64 Å². The third kappa shape index (κ3) is 3.67. The Bertz CT molecular complexity index is 643. The number of likely N-dealkylation sites (tertiary alicyclic amines) is 1. The number of carbonyl (C=O) groups is 2. The minimum absolute atomic E-state index is 0.0803. The van der Waals surface area contributed by atoms with Gasteiger partial charge in [-0.25, -0.2) is 4.98 Å². The first kappa shape index (κ1) is 17.4. The van der Waals surface area contributed by atoms with E-state index in [4.69, 9.17) is 4.74 Å². The average Bonchev–Trinajstić information content (AvgIpc) is 3.03. The molecule has 136 valence electrons. The zero-order valence-electron chi connectivity index (χ0n) is 15.0. The van der Waals surface area contributed by atoms with Crippen LogP contribution in [-0.2, 0) is 9.59 Å². The molecule has 0 saturated carbocycles. The van der Waals surface area contributed by atoms with Gasteiger partial charge in [-0.2, -0.15) is 4.98 Å². The number of anilines is 1. The van der Waals surface area contributed by atoms with Crippen molar-refractivity contribution >= 4 is 17.8 Å². The molecule has 3 heterocycles. The van der Waals surface area contributed by atoms with Gasteiger partial charge in [-0.05, 0) is 13.8 Å². The summed E-state index contributed by atoms with van der Waals surface area (Å²) in [5.41, 5.74) is 0. The summed E-state index contributed by atoms with van der Waals surface area (Å²) in [4.78, 5) is 39.1. The van der Waals surface area contributed by atoms with Crippen molar-refractivity contribution in [2.75, 3.05) is 44.7 Å². The maximum absolute atomic E-state index is 12.7. The fourth-order valence-electron chi connectivity index (χ4n) is 3.38. The molecule has 2 aliphatic rings. The van der Waals surface area contributed by atoms with Crippen LogP contribution in [0.2, 0.25) is 0 Å². The van der Waals surface area contributed by atoms with Crippen LogP contribution in [0.25, 0.3) is 0 Å². The van der Waals surface area contributed by atoms with Crippen LogP contribution in [0.1, 0.15) is 20.3 Å². The Balaban J connectivity index is 1.57. The number of carbonyl (C=O) groups excluding carboxylic acids is 2. The molecule has 0 N–H and O–H groups in total. The summed E-state index contributed by atoms with van der Waals surface area (Å²) in [5.74, 6) is 1.10. The van der Waals surface area contributed by atoms with Crippen LogP contribution in [0.4, 0.5) is 5.95 Å². The molecule has 2 saturated heterocycles. The predicted molar refractivity (Wildman–Crippen MR) is 92.3 cm³/mol. The van der Waals surface area contributed by atoms with E-state index in [9.17, 15) is 9.59 Å². The Morgan fingerprint density at radius 1 is 1.28 bits per heavy atom. The lowest BCUT2D eigenvalue weighted by molar-refractivity contribution is -0.136. The van der Waals surface area contributed by atoms with Gasteiger partial charge < -0.3 is 19.4 Å². The molecule has 0 aliphatic carbocycles. The molecule has 0 spiro atoms. The van der Waals surface area contributed by atoms with Crippen LogP contribution in [0.15, 0.2) is 12.3 Å². The minimum atomic E-state index is -0.213. The van der Waals surface area contributed by atoms with Gasteiger partial charge in [0.2, 0.25) is 23.6 Å². The molecule has 0 radical (unpaired) electrons. The van der Waals surface area contributed by atoms with Gasteiger partial charge in [0, 0.05) is 57.4 Å². The summed E-state index contributed by atoms with van der Waals surface area (Å²) < 4.78 is 5.13. The van der Waals surface area contributed by atoms with Crippen LogP contribution in [-0.4, -0.2) is 77.5 Å². The highest BCUT2D eigenvalue weighted by atomic mass is 16.5. The first-order chi connectivity index (χ1) is 12.0. The fraction of sp³-hybridized carbons (Fsp3) is 0.647. The van der Waals surface area contributed by atoms with Crippen molar-refractivity contribution in [2.45, 2.75) is 26.3 Å². The van der Waals surface area contributed by atoms with Gasteiger partial charge in [-0.1, -0.05) is 0 Å². The van der Waals surface area contributed by atoms with E-state index in [1.807, 2.05) is 23.6 Å². The van der Waals surface area contributed by atoms with E-state index in [-0.39, 0.29) is 23.8 Å². The van der Waals surface area contributed by atoms with E-state index in [0.717, 1.165) is 0 Å². The van der Waals surface area contributed by atoms with Gasteiger partial charge in [0.25, 0.3) is 0 Å². The second-order valence-corrected chi connectivity index (χ2v) is 6.75. The van der Waals surface area contributed by atoms with Crippen molar-refractivity contribution in [3.63, 3.8) is 0 Å². The van der Waals surface area contributed by atoms with Gasteiger partial charge in [-0.3, -0.25) is 9.59 Å². The van der Waals surface area contributed by atoms with E-state index in [1.54, 1.807) is 24.3 Å². The van der Waals surface area contributed by atoms with Crippen molar-refractivity contribution in [1.29, 1.82) is 0 Å². The van der Waals surface area contributed by atoms with E-state index in [1.165, 1.54) is 0 Å². The highest BCUT2D eigenvalue weighted by Crippen LogP contribution is 2.23. The maximum atomic E-state index is 12.7. The number of hydrogen-bond acceptors (Lipinski definition) is 6. The smallest absolute Gasteiger partial charge is 0.228 e. The number of nitrogens with zero attached hydrogens (tertiary/aromatic N) is 5. The quantitative estimate of drug-likeness (QED) is 0.784. The van der Waals surface area contributed by atoms with Crippen molar-refractivity contribution in [3.05, 3.63) is 12.3 Å². The SMILES string of the molecule is COc1ccnc(N2CCN(C(=O)C3CC(=O)N(C(C)C)C3)CC2)n1. The number of hydrogen-bond donors (Lipinski definition) is 0. The number of amides is 2. The minimum Gasteiger partial charge on any atom is -0.481 e. The molecule has 1 aromatic rings. The molecule has 8 nitrogen and oxygen atoms in total. The Kier molecular flexibility index (Phi) is 5.06. The number of piperazine rings is 1. The van der Waals surface area contributed by atoms with E-state index in [2.05, 4.69) is 9.97 Å². The first-order valence-electron chi connectivity index (χ1n) is 8.70. The molecule has 2 aliphatic heterocycles. The molecule has 0 aromatic carbocycles. The Morgan fingerprint density at radius 2 is 2.00 bits per heavy atom. The summed E-state index contributed by atoms with van der Waals surface area (Å²) in [7, 11) is 1.58. The third-order valence-electron chi connectivity index (χ3n) is 4.83. The Labute approximate surface area is 147 Å². The number of aromatic nitrogens is 2. The third-order valence-corrected chi connectivity index (χ3v) is 4.83. The lowest BCUT2D eigenvalue weighted by Crippen LogP contribution is -2.51. The second-order valence-electron chi connectivity index (χ2n) is 6.75. The molecule has 1 aromatic heterocycles. The van der Waals surface area contributed by atoms with E-state index in [0.29, 0.717) is 51.0 Å². The van der Waals surface area contributed by atoms with Crippen LogP contribution >= 0.6 is 0 Å². The highest BCUT2D eigenvalue weighted by molar-refractivity contribution is 5.89. The molecule has 2 fully saturated rings. The van der Waals surface area contributed by atoms with Crippen molar-refractivity contribution in [3.8, 4) is 5.88 Å². The Hall–Kier alpha value is -2.38. The molecule has 1 atom stereocenters. The van der Waals surface area contributed by atoms with Gasteiger partial charge >= 0.3 is 0 Å². The topological polar surface area (TPSA) is 78.9 Å². The standard InChI is InChI=1S/C17H25N5O3/c1-12(2)22-11-13(10-15(22)23)16(24)20-6-8-21(9-7-20)17-18-5-4-14(19-17)25-3/h4-5,12-13H,6-11H2,1-3H3. The van der Waals surface area contributed by atoms with Gasteiger partial charge in [0.1, 0.15) is 0 Å². The van der Waals surface area contributed by atoms with Crippen LogP contribution in [0.3, 0.4) is 0 Å². The molecule has 3 rings (SSSR count). The van der Waals surface area contributed by atoms with Crippen molar-refractivity contribution in [2.24, 2.45) is 5.92 Å². The summed E-state index contributed by atoms with van der Waals surface area (Å²) in [6.07, 6.45) is 2.00. The summed E-state index contributed by atoms with van der Waals surface area (Å²) >= 11 is 0. The lowest BCUT2D eigenvalue weighted by Gasteiger charge is -2.35. The molecular weight excluding hydrogens is 322 g/mol. The number of ether oxygens (including phenoxy) is 1. The summed E-state index contributed by atoms with van der Waals surface area (Å²) in [6, 6.07) is 1.85. The van der Waals surface area contributed by atoms with Crippen LogP contribution in [0.5, 0.6) is 5.88 Å². The van der Waals surface area contributed by atoms with Gasteiger partial charge in [0.05, 0.1) is 13.0 Å². The van der Waals surface area contributed by atoms with Crippen molar-refractivity contribution in [1.82, 2.24) is 19.8 Å². The molecule has 2 amide bonds. The Morgan fingerprint density at radius 3 is 2.60 bits per heavy atom. The summed E-state index contributed by atoms with van der Waals surface area (Å²) in [6.45, 7) is 7.09. The van der Waals surface area contributed by atoms with Crippen molar-refractivity contribution < 1.29 is 14.3 Å². The van der Waals surface area contributed by atoms with E-state index < -0.39 is 0 Å². The first-order valence-corrected chi connectivity index (χ1v) is 8.70. The fourth-order valence-corrected chi connectivity index (χ4v) is 3.38. The van der Waals surface area contributed by atoms with Gasteiger partial charge in [0.15, 0.2) is 0 Å². The molecule has 8 heteroatoms. The van der Waals surface area contributed by atoms with E-state index >= 15 is 0 Å². The highest BCUT2D eigenvalue weighted by Gasteiger charge is 2.38. The van der Waals surface area contributed by atoms with Gasteiger partial charge in [-0.15, -0.1) is 0 Å². The zero-order chi connectivity index (χ0) is 18.0. The summed E-state index contributed by atoms with van der Waals surface area (Å²) in [5, 5.41) is 0. The largest absolute Gasteiger partial charge is 0.481 e. The second kappa shape index (κ2) is 7.25. The zero-order valence-corrected chi connectivity index (χ0v) is 15.0. The number of rotatable bonds is 4. The van der Waals surface area contributed by atoms with Crippen LogP contribution in [0, 0.1) is 5.92 Å².